The standard InChI is InChI=1S/C13H19ClFNO/c1-10(2)16(6-3-7-17)9-11-8-12(15)4-5-13(11)14/h4-5,8,10,17H,3,6-7,9H2,1-2H3. The van der Waals surface area contributed by atoms with Crippen LogP contribution in [-0.4, -0.2) is 29.2 Å². The number of nitrogens with zero attached hydrogens (tertiary/aromatic N) is 1. The molecule has 0 unspecified atom stereocenters. The van der Waals surface area contributed by atoms with Gasteiger partial charge in [0.25, 0.3) is 0 Å². The van der Waals surface area contributed by atoms with Gasteiger partial charge in [0.1, 0.15) is 5.82 Å². The number of rotatable bonds is 6. The molecule has 0 spiro atoms. The third-order valence-electron chi connectivity index (χ3n) is 2.71. The van der Waals surface area contributed by atoms with Gasteiger partial charge in [-0.2, -0.15) is 0 Å². The van der Waals surface area contributed by atoms with Crippen molar-refractivity contribution in [3.8, 4) is 0 Å². The van der Waals surface area contributed by atoms with E-state index in [1.807, 2.05) is 0 Å². The highest BCUT2D eigenvalue weighted by molar-refractivity contribution is 6.31. The molecule has 0 fully saturated rings. The number of aliphatic hydroxyl groups is 1. The number of benzene rings is 1. The molecule has 0 atom stereocenters. The number of hydrogen-bond donors (Lipinski definition) is 1. The van der Waals surface area contributed by atoms with Crippen LogP contribution in [-0.2, 0) is 6.54 Å². The lowest BCUT2D eigenvalue weighted by Gasteiger charge is -2.26. The highest BCUT2D eigenvalue weighted by Crippen LogP contribution is 2.20. The third kappa shape index (κ3) is 4.62. The van der Waals surface area contributed by atoms with Gasteiger partial charge in [-0.25, -0.2) is 4.39 Å². The van der Waals surface area contributed by atoms with Crippen molar-refractivity contribution in [2.24, 2.45) is 0 Å². The Morgan fingerprint density at radius 3 is 2.71 bits per heavy atom. The van der Waals surface area contributed by atoms with Crippen LogP contribution in [0.5, 0.6) is 0 Å². The predicted octanol–water partition coefficient (Wildman–Crippen LogP) is 3.07. The van der Waals surface area contributed by atoms with Crippen LogP contribution in [0.15, 0.2) is 18.2 Å². The van der Waals surface area contributed by atoms with Gasteiger partial charge >= 0.3 is 0 Å². The van der Waals surface area contributed by atoms with E-state index in [4.69, 9.17) is 16.7 Å². The lowest BCUT2D eigenvalue weighted by atomic mass is 10.1. The summed E-state index contributed by atoms with van der Waals surface area (Å²) in [7, 11) is 0. The van der Waals surface area contributed by atoms with Crippen LogP contribution in [0.1, 0.15) is 25.8 Å². The fourth-order valence-electron chi connectivity index (χ4n) is 1.68. The van der Waals surface area contributed by atoms with Crippen LogP contribution in [0.2, 0.25) is 5.02 Å². The summed E-state index contributed by atoms with van der Waals surface area (Å²) in [4.78, 5) is 2.16. The lowest BCUT2D eigenvalue weighted by Crippen LogP contribution is -2.31. The molecule has 0 aliphatic heterocycles. The first-order chi connectivity index (χ1) is 8.04. The number of halogens is 2. The van der Waals surface area contributed by atoms with Crippen LogP contribution >= 0.6 is 11.6 Å². The first-order valence-corrected chi connectivity index (χ1v) is 6.21. The number of hydrogen-bond acceptors (Lipinski definition) is 2. The summed E-state index contributed by atoms with van der Waals surface area (Å²) in [5, 5.41) is 9.43. The SMILES string of the molecule is CC(C)N(CCCO)Cc1cc(F)ccc1Cl. The zero-order valence-corrected chi connectivity index (χ0v) is 11.0. The average Bonchev–Trinajstić information content (AvgIpc) is 2.28. The van der Waals surface area contributed by atoms with Gasteiger partial charge in [0, 0.05) is 30.8 Å². The van der Waals surface area contributed by atoms with Gasteiger partial charge in [0.05, 0.1) is 0 Å². The summed E-state index contributed by atoms with van der Waals surface area (Å²) >= 11 is 6.04. The normalized spacial score (nSPS) is 11.5. The molecule has 96 valence electrons. The van der Waals surface area contributed by atoms with Crippen LogP contribution in [0, 0.1) is 5.82 Å². The summed E-state index contributed by atoms with van der Waals surface area (Å²) in [6.07, 6.45) is 0.713. The van der Waals surface area contributed by atoms with E-state index in [2.05, 4.69) is 18.7 Å². The topological polar surface area (TPSA) is 23.5 Å². The maximum absolute atomic E-state index is 13.1. The van der Waals surface area contributed by atoms with E-state index in [0.717, 1.165) is 12.1 Å². The second kappa shape index (κ2) is 6.94. The van der Waals surface area contributed by atoms with E-state index >= 15 is 0 Å². The molecule has 1 rings (SSSR count). The van der Waals surface area contributed by atoms with Gasteiger partial charge in [0.15, 0.2) is 0 Å². The molecular weight excluding hydrogens is 241 g/mol. The van der Waals surface area contributed by atoms with E-state index in [1.165, 1.54) is 12.1 Å². The Balaban J connectivity index is 2.74. The Bertz CT molecular complexity index is 357. The Morgan fingerprint density at radius 1 is 1.41 bits per heavy atom. The van der Waals surface area contributed by atoms with Crippen LogP contribution in [0.3, 0.4) is 0 Å². The Morgan fingerprint density at radius 2 is 2.12 bits per heavy atom. The molecule has 0 amide bonds. The molecule has 17 heavy (non-hydrogen) atoms. The Labute approximate surface area is 107 Å². The largest absolute Gasteiger partial charge is 0.396 e. The zero-order valence-electron chi connectivity index (χ0n) is 10.3. The molecule has 0 aliphatic carbocycles. The molecule has 0 heterocycles. The van der Waals surface area contributed by atoms with Crippen LogP contribution < -0.4 is 0 Å². The van der Waals surface area contributed by atoms with Crippen molar-refractivity contribution in [1.82, 2.24) is 4.90 Å². The van der Waals surface area contributed by atoms with E-state index < -0.39 is 0 Å². The molecule has 1 N–H and O–H groups in total. The summed E-state index contributed by atoms with van der Waals surface area (Å²) in [5.41, 5.74) is 0.790. The molecule has 0 saturated carbocycles. The molecule has 2 nitrogen and oxygen atoms in total. The smallest absolute Gasteiger partial charge is 0.123 e. The minimum absolute atomic E-state index is 0.167. The lowest BCUT2D eigenvalue weighted by molar-refractivity contribution is 0.184. The molecule has 0 aromatic heterocycles. The molecule has 0 radical (unpaired) electrons. The van der Waals surface area contributed by atoms with E-state index in [1.54, 1.807) is 6.07 Å². The maximum Gasteiger partial charge on any atom is 0.123 e. The van der Waals surface area contributed by atoms with Gasteiger partial charge in [-0.1, -0.05) is 11.6 Å². The molecule has 1 aromatic rings. The van der Waals surface area contributed by atoms with Crippen molar-refractivity contribution in [1.29, 1.82) is 0 Å². The molecule has 0 saturated heterocycles. The minimum Gasteiger partial charge on any atom is -0.396 e. The van der Waals surface area contributed by atoms with Crippen molar-refractivity contribution in [2.45, 2.75) is 32.9 Å². The van der Waals surface area contributed by atoms with Crippen molar-refractivity contribution >= 4 is 11.6 Å². The monoisotopic (exact) mass is 259 g/mol. The van der Waals surface area contributed by atoms with Gasteiger partial charge in [0.2, 0.25) is 0 Å². The van der Waals surface area contributed by atoms with Gasteiger partial charge in [-0.05, 0) is 44.0 Å². The fraction of sp³-hybridized carbons (Fsp3) is 0.538. The Hall–Kier alpha value is -0.640. The second-order valence-electron chi connectivity index (χ2n) is 4.38. The molecule has 4 heteroatoms. The molecular formula is C13H19ClFNO. The van der Waals surface area contributed by atoms with Crippen LogP contribution in [0.4, 0.5) is 4.39 Å². The van der Waals surface area contributed by atoms with Crippen molar-refractivity contribution in [3.63, 3.8) is 0 Å². The van der Waals surface area contributed by atoms with E-state index in [9.17, 15) is 4.39 Å². The first kappa shape index (κ1) is 14.4. The summed E-state index contributed by atoms with van der Waals surface area (Å²) in [5.74, 6) is -0.268. The van der Waals surface area contributed by atoms with Crippen molar-refractivity contribution < 1.29 is 9.50 Å². The molecule has 0 bridgehead atoms. The Kier molecular flexibility index (Phi) is 5.89. The van der Waals surface area contributed by atoms with Gasteiger partial charge < -0.3 is 5.11 Å². The highest BCUT2D eigenvalue weighted by Gasteiger charge is 2.12. The van der Waals surface area contributed by atoms with E-state index in [0.29, 0.717) is 24.0 Å². The third-order valence-corrected chi connectivity index (χ3v) is 3.08. The second-order valence-corrected chi connectivity index (χ2v) is 4.78. The van der Waals surface area contributed by atoms with Crippen molar-refractivity contribution in [2.75, 3.05) is 13.2 Å². The summed E-state index contributed by atoms with van der Waals surface area (Å²) < 4.78 is 13.1. The number of aliphatic hydroxyl groups excluding tert-OH is 1. The molecule has 0 aliphatic rings. The fourth-order valence-corrected chi connectivity index (χ4v) is 1.85. The van der Waals surface area contributed by atoms with Crippen molar-refractivity contribution in [3.05, 3.63) is 34.6 Å². The quantitative estimate of drug-likeness (QED) is 0.849. The summed E-state index contributed by atoms with van der Waals surface area (Å²) in [6.45, 7) is 5.70. The first-order valence-electron chi connectivity index (χ1n) is 5.83. The van der Waals surface area contributed by atoms with Gasteiger partial charge in [-0.3, -0.25) is 4.90 Å². The van der Waals surface area contributed by atoms with E-state index in [-0.39, 0.29) is 12.4 Å². The summed E-state index contributed by atoms with van der Waals surface area (Å²) in [6, 6.07) is 4.74. The van der Waals surface area contributed by atoms with Gasteiger partial charge in [-0.15, -0.1) is 0 Å². The molecule has 1 aromatic carbocycles. The minimum atomic E-state index is -0.268. The maximum atomic E-state index is 13.1. The zero-order chi connectivity index (χ0) is 12.8. The predicted molar refractivity (Wildman–Crippen MR) is 68.7 cm³/mol. The average molecular weight is 260 g/mol. The van der Waals surface area contributed by atoms with Crippen LogP contribution in [0.25, 0.3) is 0 Å². The highest BCUT2D eigenvalue weighted by atomic mass is 35.5.